The van der Waals surface area contributed by atoms with Crippen LogP contribution in [-0.4, -0.2) is 49.9 Å². The number of carbonyl (C=O) groups excluding carboxylic acids is 1. The minimum atomic E-state index is 0.235. The molecule has 0 N–H and O–H groups in total. The third-order valence-electron chi connectivity index (χ3n) is 3.22. The van der Waals surface area contributed by atoms with Crippen molar-refractivity contribution in [2.75, 3.05) is 34.2 Å². The third kappa shape index (κ3) is 7.37. The maximum atomic E-state index is 12.2. The Balaban J connectivity index is 3.98. The molecule has 0 saturated heterocycles. The first-order valence-electron chi connectivity index (χ1n) is 6.92. The van der Waals surface area contributed by atoms with Gasteiger partial charge in [0, 0.05) is 19.5 Å². The van der Waals surface area contributed by atoms with Crippen LogP contribution in [0.5, 0.6) is 0 Å². The van der Waals surface area contributed by atoms with Crippen LogP contribution >= 0.6 is 0 Å². The summed E-state index contributed by atoms with van der Waals surface area (Å²) in [4.78, 5) is 16.2. The zero-order valence-electron chi connectivity index (χ0n) is 12.3. The number of unbranched alkanes of at least 4 members (excludes halogenated alkanes) is 1. The van der Waals surface area contributed by atoms with E-state index in [1.54, 1.807) is 0 Å². The normalized spacial score (nSPS) is 12.8. The van der Waals surface area contributed by atoms with Crippen molar-refractivity contribution >= 4 is 5.91 Å². The van der Waals surface area contributed by atoms with E-state index in [1.165, 1.54) is 6.42 Å². The second-order valence-electron chi connectivity index (χ2n) is 5.16. The topological polar surface area (TPSA) is 23.6 Å². The van der Waals surface area contributed by atoms with Crippen molar-refractivity contribution in [2.24, 2.45) is 5.92 Å². The molecule has 0 rings (SSSR count). The van der Waals surface area contributed by atoms with Gasteiger partial charge in [-0.25, -0.2) is 0 Å². The molecule has 17 heavy (non-hydrogen) atoms. The monoisotopic (exact) mass is 242 g/mol. The van der Waals surface area contributed by atoms with Gasteiger partial charge in [-0.2, -0.15) is 0 Å². The molecule has 0 aliphatic rings. The van der Waals surface area contributed by atoms with Gasteiger partial charge in [-0.05, 0) is 39.9 Å². The highest BCUT2D eigenvalue weighted by Crippen LogP contribution is 2.15. The fourth-order valence-electron chi connectivity index (χ4n) is 2.00. The van der Waals surface area contributed by atoms with Crippen molar-refractivity contribution in [3.63, 3.8) is 0 Å². The Bertz CT molecular complexity index is 204. The highest BCUT2D eigenvalue weighted by Gasteiger charge is 2.19. The fourth-order valence-corrected chi connectivity index (χ4v) is 2.00. The maximum Gasteiger partial charge on any atom is 0.225 e. The Hall–Kier alpha value is -0.570. The van der Waals surface area contributed by atoms with Gasteiger partial charge < -0.3 is 9.80 Å². The zero-order valence-corrected chi connectivity index (χ0v) is 12.3. The highest BCUT2D eigenvalue weighted by atomic mass is 16.2. The van der Waals surface area contributed by atoms with Crippen molar-refractivity contribution in [3.8, 4) is 0 Å². The van der Waals surface area contributed by atoms with Gasteiger partial charge in [0.2, 0.25) is 5.91 Å². The quantitative estimate of drug-likeness (QED) is 0.620. The van der Waals surface area contributed by atoms with Gasteiger partial charge in [0.15, 0.2) is 0 Å². The average molecular weight is 242 g/mol. The van der Waals surface area contributed by atoms with Crippen molar-refractivity contribution in [1.29, 1.82) is 0 Å². The Labute approximate surface area is 107 Å². The second-order valence-corrected chi connectivity index (χ2v) is 5.16. The van der Waals surface area contributed by atoms with Gasteiger partial charge in [-0.1, -0.05) is 26.7 Å². The molecule has 0 aromatic carbocycles. The van der Waals surface area contributed by atoms with E-state index in [4.69, 9.17) is 0 Å². The van der Waals surface area contributed by atoms with Crippen LogP contribution < -0.4 is 0 Å². The lowest BCUT2D eigenvalue weighted by Gasteiger charge is -2.23. The van der Waals surface area contributed by atoms with E-state index in [0.29, 0.717) is 5.91 Å². The maximum absolute atomic E-state index is 12.2. The van der Waals surface area contributed by atoms with Crippen LogP contribution in [0.1, 0.15) is 46.0 Å². The first kappa shape index (κ1) is 16.4. The molecule has 0 aliphatic carbocycles. The van der Waals surface area contributed by atoms with Crippen LogP contribution in [0.15, 0.2) is 0 Å². The van der Waals surface area contributed by atoms with E-state index in [9.17, 15) is 4.79 Å². The predicted molar refractivity (Wildman–Crippen MR) is 74.1 cm³/mol. The SMILES string of the molecule is CCCC[C@H](CC)C(=O)N(C)CCCN(C)C. The molecule has 1 amide bonds. The molecule has 102 valence electrons. The van der Waals surface area contributed by atoms with Crippen LogP contribution in [0.2, 0.25) is 0 Å². The Kier molecular flexibility index (Phi) is 9.14. The number of hydrogen-bond acceptors (Lipinski definition) is 2. The molecule has 0 saturated carbocycles. The van der Waals surface area contributed by atoms with Gasteiger partial charge in [-0.3, -0.25) is 4.79 Å². The van der Waals surface area contributed by atoms with E-state index in [1.807, 2.05) is 11.9 Å². The molecule has 0 aliphatic heterocycles. The van der Waals surface area contributed by atoms with Crippen molar-refractivity contribution in [1.82, 2.24) is 9.80 Å². The van der Waals surface area contributed by atoms with Gasteiger partial charge in [-0.15, -0.1) is 0 Å². The molecular formula is C14H30N2O. The summed E-state index contributed by atoms with van der Waals surface area (Å²) in [6, 6.07) is 0. The lowest BCUT2D eigenvalue weighted by Crippen LogP contribution is -2.34. The van der Waals surface area contributed by atoms with E-state index in [-0.39, 0.29) is 5.92 Å². The van der Waals surface area contributed by atoms with Crippen molar-refractivity contribution < 1.29 is 4.79 Å². The van der Waals surface area contributed by atoms with E-state index < -0.39 is 0 Å². The zero-order chi connectivity index (χ0) is 13.3. The number of nitrogens with zero attached hydrogens (tertiary/aromatic N) is 2. The Morgan fingerprint density at radius 3 is 2.18 bits per heavy atom. The molecule has 0 aromatic rings. The van der Waals surface area contributed by atoms with Crippen LogP contribution in [0, 0.1) is 5.92 Å². The van der Waals surface area contributed by atoms with Crippen LogP contribution in [-0.2, 0) is 4.79 Å². The summed E-state index contributed by atoms with van der Waals surface area (Å²) in [7, 11) is 6.07. The first-order chi connectivity index (χ1) is 8.02. The average Bonchev–Trinajstić information content (AvgIpc) is 2.29. The third-order valence-corrected chi connectivity index (χ3v) is 3.22. The number of carbonyl (C=O) groups is 1. The fraction of sp³-hybridized carbons (Fsp3) is 0.929. The standard InChI is InChI=1S/C14H30N2O/c1-6-8-10-13(7-2)14(17)16(5)12-9-11-15(3)4/h13H,6-12H2,1-5H3/t13-/m0/s1. The summed E-state index contributed by atoms with van der Waals surface area (Å²) >= 11 is 0. The van der Waals surface area contributed by atoms with Crippen molar-refractivity contribution in [3.05, 3.63) is 0 Å². The summed E-state index contributed by atoms with van der Waals surface area (Å²) in [5, 5.41) is 0. The van der Waals surface area contributed by atoms with Gasteiger partial charge in [0.1, 0.15) is 0 Å². The molecule has 1 atom stereocenters. The summed E-state index contributed by atoms with van der Waals surface area (Å²) in [6.45, 7) is 6.22. The number of hydrogen-bond donors (Lipinski definition) is 0. The highest BCUT2D eigenvalue weighted by molar-refractivity contribution is 5.78. The predicted octanol–water partition coefficient (Wildman–Crippen LogP) is 2.61. The minimum absolute atomic E-state index is 0.235. The lowest BCUT2D eigenvalue weighted by molar-refractivity contribution is -0.134. The molecule has 0 aromatic heterocycles. The molecule has 0 spiro atoms. The van der Waals surface area contributed by atoms with Crippen LogP contribution in [0.25, 0.3) is 0 Å². The van der Waals surface area contributed by atoms with E-state index in [0.717, 1.165) is 38.8 Å². The van der Waals surface area contributed by atoms with Gasteiger partial charge in [0.05, 0.1) is 0 Å². The Morgan fingerprint density at radius 1 is 1.06 bits per heavy atom. The van der Waals surface area contributed by atoms with E-state index >= 15 is 0 Å². The lowest BCUT2D eigenvalue weighted by atomic mass is 9.98. The molecule has 0 radical (unpaired) electrons. The van der Waals surface area contributed by atoms with Gasteiger partial charge in [0.25, 0.3) is 0 Å². The number of amides is 1. The van der Waals surface area contributed by atoms with Crippen molar-refractivity contribution in [2.45, 2.75) is 46.0 Å². The minimum Gasteiger partial charge on any atom is -0.345 e. The Morgan fingerprint density at radius 2 is 1.71 bits per heavy atom. The molecule has 3 nitrogen and oxygen atoms in total. The van der Waals surface area contributed by atoms with Crippen LogP contribution in [0.4, 0.5) is 0 Å². The molecule has 0 bridgehead atoms. The summed E-state index contributed by atoms with van der Waals surface area (Å²) in [5.41, 5.74) is 0. The summed E-state index contributed by atoms with van der Waals surface area (Å²) in [6.07, 6.45) is 5.41. The van der Waals surface area contributed by atoms with Crippen LogP contribution in [0.3, 0.4) is 0 Å². The largest absolute Gasteiger partial charge is 0.345 e. The first-order valence-corrected chi connectivity index (χ1v) is 6.92. The molecule has 0 fully saturated rings. The second kappa shape index (κ2) is 9.46. The molecule has 0 heterocycles. The molecule has 0 unspecified atom stereocenters. The van der Waals surface area contributed by atoms with Gasteiger partial charge >= 0.3 is 0 Å². The van der Waals surface area contributed by atoms with E-state index in [2.05, 4.69) is 32.8 Å². The summed E-state index contributed by atoms with van der Waals surface area (Å²) in [5.74, 6) is 0.569. The molecular weight excluding hydrogens is 212 g/mol. The number of rotatable bonds is 9. The molecule has 3 heteroatoms. The smallest absolute Gasteiger partial charge is 0.225 e. The summed E-state index contributed by atoms with van der Waals surface area (Å²) < 4.78 is 0.